The maximum Gasteiger partial charge on any atom is 0.225 e. The number of halogens is 1. The van der Waals surface area contributed by atoms with Crippen LogP contribution in [0.3, 0.4) is 0 Å². The monoisotopic (exact) mass is 445 g/mol. The molecule has 2 aromatic rings. The van der Waals surface area contributed by atoms with Gasteiger partial charge in [0.2, 0.25) is 5.91 Å². The highest BCUT2D eigenvalue weighted by molar-refractivity contribution is 9.10. The SMILES string of the molecule is COc1ccc(C(=O)C2CCN(C(=O)CCOc3cccc(Br)c3)CC2)cc1. The molecular formula is C22H24BrNO4. The molecular weight excluding hydrogens is 422 g/mol. The molecule has 1 saturated heterocycles. The second kappa shape index (κ2) is 9.73. The summed E-state index contributed by atoms with van der Waals surface area (Å²) >= 11 is 3.40. The minimum atomic E-state index is -0.0321. The van der Waals surface area contributed by atoms with Crippen LogP contribution < -0.4 is 9.47 Å². The number of benzene rings is 2. The molecule has 0 saturated carbocycles. The van der Waals surface area contributed by atoms with Gasteiger partial charge in [-0.15, -0.1) is 0 Å². The number of hydrogen-bond acceptors (Lipinski definition) is 4. The topological polar surface area (TPSA) is 55.8 Å². The molecule has 0 aromatic heterocycles. The Kier molecular flexibility index (Phi) is 7.09. The Morgan fingerprint density at radius 1 is 1.07 bits per heavy atom. The summed E-state index contributed by atoms with van der Waals surface area (Å²) in [6, 6.07) is 14.8. The predicted molar refractivity (Wildman–Crippen MR) is 111 cm³/mol. The number of ether oxygens (including phenoxy) is 2. The molecule has 6 heteroatoms. The Balaban J connectivity index is 1.43. The molecule has 148 valence electrons. The van der Waals surface area contributed by atoms with Crippen molar-refractivity contribution in [1.29, 1.82) is 0 Å². The van der Waals surface area contributed by atoms with Gasteiger partial charge >= 0.3 is 0 Å². The third kappa shape index (κ3) is 5.35. The van der Waals surface area contributed by atoms with Crippen molar-refractivity contribution < 1.29 is 19.1 Å². The zero-order chi connectivity index (χ0) is 19.9. The number of nitrogens with zero attached hydrogens (tertiary/aromatic N) is 1. The molecule has 28 heavy (non-hydrogen) atoms. The number of amides is 1. The van der Waals surface area contributed by atoms with Gasteiger partial charge in [-0.2, -0.15) is 0 Å². The van der Waals surface area contributed by atoms with Gasteiger partial charge < -0.3 is 14.4 Å². The Labute approximate surface area is 173 Å². The molecule has 1 heterocycles. The van der Waals surface area contributed by atoms with E-state index in [1.54, 1.807) is 31.4 Å². The number of carbonyl (C=O) groups excluding carboxylic acids is 2. The molecule has 0 aliphatic carbocycles. The van der Waals surface area contributed by atoms with Crippen LogP contribution in [0.5, 0.6) is 11.5 Å². The van der Waals surface area contributed by atoms with E-state index in [0.717, 1.165) is 16.0 Å². The molecule has 1 aliphatic rings. The first-order chi connectivity index (χ1) is 13.6. The van der Waals surface area contributed by atoms with E-state index in [-0.39, 0.29) is 17.6 Å². The number of carbonyl (C=O) groups is 2. The van der Waals surface area contributed by atoms with Gasteiger partial charge in [0.15, 0.2) is 5.78 Å². The van der Waals surface area contributed by atoms with Crippen LogP contribution in [-0.4, -0.2) is 43.4 Å². The average Bonchev–Trinajstić information content (AvgIpc) is 2.73. The molecule has 0 unspecified atom stereocenters. The van der Waals surface area contributed by atoms with E-state index in [9.17, 15) is 9.59 Å². The Morgan fingerprint density at radius 3 is 2.43 bits per heavy atom. The van der Waals surface area contributed by atoms with Crippen molar-refractivity contribution in [2.45, 2.75) is 19.3 Å². The van der Waals surface area contributed by atoms with Crippen molar-refractivity contribution in [3.8, 4) is 11.5 Å². The largest absolute Gasteiger partial charge is 0.497 e. The fraction of sp³-hybridized carbons (Fsp3) is 0.364. The normalized spacial score (nSPS) is 14.6. The van der Waals surface area contributed by atoms with Crippen molar-refractivity contribution in [3.63, 3.8) is 0 Å². The van der Waals surface area contributed by atoms with E-state index in [1.165, 1.54) is 0 Å². The fourth-order valence-corrected chi connectivity index (χ4v) is 3.73. The van der Waals surface area contributed by atoms with E-state index in [2.05, 4.69) is 15.9 Å². The van der Waals surface area contributed by atoms with Crippen LogP contribution in [0, 0.1) is 5.92 Å². The van der Waals surface area contributed by atoms with E-state index >= 15 is 0 Å². The second-order valence-electron chi connectivity index (χ2n) is 6.80. The maximum absolute atomic E-state index is 12.7. The minimum absolute atomic E-state index is 0.0321. The Hall–Kier alpha value is -2.34. The van der Waals surface area contributed by atoms with Gasteiger partial charge in [0.25, 0.3) is 0 Å². The number of likely N-dealkylation sites (tertiary alicyclic amines) is 1. The van der Waals surface area contributed by atoms with Gasteiger partial charge in [0.05, 0.1) is 20.1 Å². The van der Waals surface area contributed by atoms with Crippen molar-refractivity contribution in [3.05, 3.63) is 58.6 Å². The smallest absolute Gasteiger partial charge is 0.225 e. The van der Waals surface area contributed by atoms with Crippen LogP contribution >= 0.6 is 15.9 Å². The molecule has 0 radical (unpaired) electrons. The van der Waals surface area contributed by atoms with Gasteiger partial charge in [-0.05, 0) is 55.3 Å². The highest BCUT2D eigenvalue weighted by Crippen LogP contribution is 2.24. The van der Waals surface area contributed by atoms with E-state index in [0.29, 0.717) is 44.5 Å². The summed E-state index contributed by atoms with van der Waals surface area (Å²) < 4.78 is 11.7. The van der Waals surface area contributed by atoms with Crippen LogP contribution in [0.1, 0.15) is 29.6 Å². The lowest BCUT2D eigenvalue weighted by Gasteiger charge is -2.31. The number of rotatable bonds is 7. The molecule has 5 nitrogen and oxygen atoms in total. The van der Waals surface area contributed by atoms with Gasteiger partial charge in [0.1, 0.15) is 11.5 Å². The molecule has 0 atom stereocenters. The molecule has 3 rings (SSSR count). The summed E-state index contributed by atoms with van der Waals surface area (Å²) in [6.45, 7) is 1.57. The van der Waals surface area contributed by atoms with Crippen molar-refractivity contribution in [1.82, 2.24) is 4.90 Å². The van der Waals surface area contributed by atoms with Crippen LogP contribution in [-0.2, 0) is 4.79 Å². The fourth-order valence-electron chi connectivity index (χ4n) is 3.35. The number of Topliss-reactive ketones (excluding diaryl/α,β-unsaturated/α-hetero) is 1. The van der Waals surface area contributed by atoms with Crippen LogP contribution in [0.25, 0.3) is 0 Å². The highest BCUT2D eigenvalue weighted by atomic mass is 79.9. The van der Waals surface area contributed by atoms with Gasteiger partial charge in [-0.3, -0.25) is 9.59 Å². The van der Waals surface area contributed by atoms with Crippen LogP contribution in [0.4, 0.5) is 0 Å². The molecule has 1 amide bonds. The zero-order valence-corrected chi connectivity index (χ0v) is 17.5. The molecule has 0 bridgehead atoms. The predicted octanol–water partition coefficient (Wildman–Crippen LogP) is 4.35. The third-order valence-electron chi connectivity index (χ3n) is 4.97. The van der Waals surface area contributed by atoms with E-state index in [1.807, 2.05) is 29.2 Å². The lowest BCUT2D eigenvalue weighted by molar-refractivity contribution is -0.132. The first kappa shape index (κ1) is 20.4. The van der Waals surface area contributed by atoms with Crippen molar-refractivity contribution in [2.75, 3.05) is 26.8 Å². The third-order valence-corrected chi connectivity index (χ3v) is 5.47. The molecule has 0 spiro atoms. The number of methoxy groups -OCH3 is 1. The summed E-state index contributed by atoms with van der Waals surface area (Å²) in [5, 5.41) is 0. The first-order valence-electron chi connectivity index (χ1n) is 9.41. The van der Waals surface area contributed by atoms with Crippen LogP contribution in [0.15, 0.2) is 53.0 Å². The minimum Gasteiger partial charge on any atom is -0.497 e. The number of ketones is 1. The Bertz CT molecular complexity index is 814. The van der Waals surface area contributed by atoms with Gasteiger partial charge in [0, 0.05) is 29.0 Å². The summed E-state index contributed by atoms with van der Waals surface area (Å²) in [5.41, 5.74) is 0.702. The molecule has 1 fully saturated rings. The van der Waals surface area contributed by atoms with Crippen LogP contribution in [0.2, 0.25) is 0 Å². The van der Waals surface area contributed by atoms with Gasteiger partial charge in [-0.1, -0.05) is 22.0 Å². The van der Waals surface area contributed by atoms with E-state index in [4.69, 9.17) is 9.47 Å². The lowest BCUT2D eigenvalue weighted by Crippen LogP contribution is -2.40. The lowest BCUT2D eigenvalue weighted by atomic mass is 9.89. The standard InChI is InChI=1S/C22H24BrNO4/c1-27-19-7-5-16(6-8-19)22(26)17-9-12-24(13-10-17)21(25)11-14-28-20-4-2-3-18(23)15-20/h2-8,15,17H,9-14H2,1H3. The zero-order valence-electron chi connectivity index (χ0n) is 15.9. The van der Waals surface area contributed by atoms with Crippen molar-refractivity contribution >= 4 is 27.6 Å². The molecule has 1 aliphatic heterocycles. The quantitative estimate of drug-likeness (QED) is 0.594. The second-order valence-corrected chi connectivity index (χ2v) is 7.72. The summed E-state index contributed by atoms with van der Waals surface area (Å²) in [6.07, 6.45) is 1.73. The first-order valence-corrected chi connectivity index (χ1v) is 10.2. The summed E-state index contributed by atoms with van der Waals surface area (Å²) in [5.74, 6) is 1.67. The van der Waals surface area contributed by atoms with E-state index < -0.39 is 0 Å². The summed E-state index contributed by atoms with van der Waals surface area (Å²) in [4.78, 5) is 26.9. The average molecular weight is 446 g/mol. The van der Waals surface area contributed by atoms with Crippen molar-refractivity contribution in [2.24, 2.45) is 5.92 Å². The summed E-state index contributed by atoms with van der Waals surface area (Å²) in [7, 11) is 1.60. The molecule has 2 aromatic carbocycles. The number of piperidine rings is 1. The maximum atomic E-state index is 12.7. The Morgan fingerprint density at radius 2 is 1.79 bits per heavy atom. The molecule has 0 N–H and O–H groups in total. The number of hydrogen-bond donors (Lipinski definition) is 0. The highest BCUT2D eigenvalue weighted by Gasteiger charge is 2.27. The van der Waals surface area contributed by atoms with Gasteiger partial charge in [-0.25, -0.2) is 0 Å².